The molecule has 1 aliphatic heterocycles. The third-order valence-electron chi connectivity index (χ3n) is 5.70. The minimum Gasteiger partial charge on any atom is -0.376 e. The summed E-state index contributed by atoms with van der Waals surface area (Å²) in [7, 11) is 0. The fourth-order valence-electron chi connectivity index (χ4n) is 3.96. The number of rotatable bonds is 8. The second kappa shape index (κ2) is 10.3. The van der Waals surface area contributed by atoms with Gasteiger partial charge in [-0.05, 0) is 44.4 Å². The van der Waals surface area contributed by atoms with E-state index in [0.29, 0.717) is 29.1 Å². The van der Waals surface area contributed by atoms with E-state index in [4.69, 9.17) is 9.72 Å². The molecule has 6 nitrogen and oxygen atoms in total. The van der Waals surface area contributed by atoms with E-state index >= 15 is 0 Å². The lowest BCUT2D eigenvalue weighted by Crippen LogP contribution is -2.37. The SMILES string of the molecule is CC(C)N(Cc1ccccc1)C(=O)CSc1nc2ccccc2c(=O)n1C[C@@H]1CCCO1. The molecular formula is C25H29N3O3S. The Morgan fingerprint density at radius 2 is 1.94 bits per heavy atom. The van der Waals surface area contributed by atoms with Crippen molar-refractivity contribution in [1.82, 2.24) is 14.5 Å². The Balaban J connectivity index is 1.56. The molecule has 4 rings (SSSR count). The van der Waals surface area contributed by atoms with Crippen molar-refractivity contribution in [3.8, 4) is 0 Å². The van der Waals surface area contributed by atoms with Gasteiger partial charge in [0, 0.05) is 19.2 Å². The molecule has 1 aliphatic rings. The van der Waals surface area contributed by atoms with E-state index in [1.54, 1.807) is 10.6 Å². The summed E-state index contributed by atoms with van der Waals surface area (Å²) < 4.78 is 7.46. The van der Waals surface area contributed by atoms with Crippen LogP contribution >= 0.6 is 11.8 Å². The number of fused-ring (bicyclic) bond motifs is 1. The standard InChI is InChI=1S/C25H29N3O3S/c1-18(2)27(15-19-9-4-3-5-10-19)23(29)17-32-25-26-22-13-7-6-12-21(22)24(30)28(25)16-20-11-8-14-31-20/h3-7,9-10,12-13,18,20H,8,11,14-17H2,1-2H3/t20-/m0/s1. The second-order valence-corrected chi connectivity index (χ2v) is 9.29. The van der Waals surface area contributed by atoms with Crippen molar-refractivity contribution in [3.63, 3.8) is 0 Å². The molecular weight excluding hydrogens is 422 g/mol. The van der Waals surface area contributed by atoms with Gasteiger partial charge in [-0.3, -0.25) is 14.2 Å². The van der Waals surface area contributed by atoms with Gasteiger partial charge in [0.15, 0.2) is 5.16 Å². The third-order valence-corrected chi connectivity index (χ3v) is 6.66. The number of hydrogen-bond acceptors (Lipinski definition) is 5. The summed E-state index contributed by atoms with van der Waals surface area (Å²) in [6, 6.07) is 17.4. The maximum atomic E-state index is 13.2. The van der Waals surface area contributed by atoms with E-state index in [2.05, 4.69) is 0 Å². The van der Waals surface area contributed by atoms with Crippen molar-refractivity contribution < 1.29 is 9.53 Å². The van der Waals surface area contributed by atoms with E-state index in [0.717, 1.165) is 25.0 Å². The van der Waals surface area contributed by atoms with Gasteiger partial charge in [0.1, 0.15) is 0 Å². The maximum absolute atomic E-state index is 13.2. The monoisotopic (exact) mass is 451 g/mol. The number of nitrogens with zero attached hydrogens (tertiary/aromatic N) is 3. The van der Waals surface area contributed by atoms with Crippen molar-refractivity contribution >= 4 is 28.6 Å². The van der Waals surface area contributed by atoms with E-state index in [1.807, 2.05) is 67.3 Å². The number of amides is 1. The summed E-state index contributed by atoms with van der Waals surface area (Å²) in [5.74, 6) is 0.251. The van der Waals surface area contributed by atoms with Crippen LogP contribution in [0.25, 0.3) is 10.9 Å². The van der Waals surface area contributed by atoms with E-state index in [1.165, 1.54) is 11.8 Å². The minimum absolute atomic E-state index is 0.0101. The number of para-hydroxylation sites is 1. The molecule has 2 heterocycles. The third kappa shape index (κ3) is 5.22. The summed E-state index contributed by atoms with van der Waals surface area (Å²) in [6.45, 7) is 5.79. The molecule has 1 amide bonds. The molecule has 0 unspecified atom stereocenters. The normalized spacial score (nSPS) is 16.0. The number of hydrogen-bond donors (Lipinski definition) is 0. The van der Waals surface area contributed by atoms with Crippen molar-refractivity contribution in [2.24, 2.45) is 0 Å². The summed E-state index contributed by atoms with van der Waals surface area (Å²) in [5, 5.41) is 1.16. The van der Waals surface area contributed by atoms with Gasteiger partial charge in [-0.15, -0.1) is 0 Å². The number of carbonyl (C=O) groups is 1. The Hall–Kier alpha value is -2.64. The van der Waals surface area contributed by atoms with Gasteiger partial charge in [-0.2, -0.15) is 0 Å². The molecule has 0 saturated carbocycles. The molecule has 0 N–H and O–H groups in total. The highest BCUT2D eigenvalue weighted by Gasteiger charge is 2.22. The van der Waals surface area contributed by atoms with Crippen LogP contribution in [0.1, 0.15) is 32.3 Å². The molecule has 1 atom stereocenters. The van der Waals surface area contributed by atoms with Crippen LogP contribution in [-0.2, 0) is 22.6 Å². The van der Waals surface area contributed by atoms with Gasteiger partial charge in [0.05, 0.1) is 29.3 Å². The highest BCUT2D eigenvalue weighted by molar-refractivity contribution is 7.99. The molecule has 168 valence electrons. The predicted molar refractivity (Wildman–Crippen MR) is 128 cm³/mol. The fraction of sp³-hybridized carbons (Fsp3) is 0.400. The first-order valence-corrected chi connectivity index (χ1v) is 12.1. The van der Waals surface area contributed by atoms with Gasteiger partial charge in [-0.25, -0.2) is 4.98 Å². The zero-order chi connectivity index (χ0) is 22.5. The fourth-order valence-corrected chi connectivity index (χ4v) is 4.85. The summed E-state index contributed by atoms with van der Waals surface area (Å²) in [6.07, 6.45) is 1.95. The maximum Gasteiger partial charge on any atom is 0.262 e. The van der Waals surface area contributed by atoms with Crippen LogP contribution < -0.4 is 5.56 Å². The first-order chi connectivity index (χ1) is 15.5. The van der Waals surface area contributed by atoms with Gasteiger partial charge in [0.2, 0.25) is 5.91 Å². The summed E-state index contributed by atoms with van der Waals surface area (Å²) in [5.41, 5.74) is 1.67. The van der Waals surface area contributed by atoms with Gasteiger partial charge >= 0.3 is 0 Å². The summed E-state index contributed by atoms with van der Waals surface area (Å²) in [4.78, 5) is 33.0. The van der Waals surface area contributed by atoms with Crippen molar-refractivity contribution in [2.75, 3.05) is 12.4 Å². The van der Waals surface area contributed by atoms with Crippen LogP contribution in [0.5, 0.6) is 0 Å². The van der Waals surface area contributed by atoms with Crippen LogP contribution in [0.15, 0.2) is 64.5 Å². The molecule has 32 heavy (non-hydrogen) atoms. The number of carbonyl (C=O) groups excluding carboxylic acids is 1. The first-order valence-electron chi connectivity index (χ1n) is 11.1. The first kappa shape index (κ1) is 22.6. The number of ether oxygens (including phenoxy) is 1. The quantitative estimate of drug-likeness (QED) is 0.381. The lowest BCUT2D eigenvalue weighted by atomic mass is 10.2. The molecule has 0 spiro atoms. The minimum atomic E-state index is -0.0777. The molecule has 1 aromatic heterocycles. The highest BCUT2D eigenvalue weighted by atomic mass is 32.2. The van der Waals surface area contributed by atoms with Crippen LogP contribution in [0.3, 0.4) is 0 Å². The van der Waals surface area contributed by atoms with Crippen LogP contribution in [0, 0.1) is 0 Å². The molecule has 7 heteroatoms. The molecule has 0 aliphatic carbocycles. The van der Waals surface area contributed by atoms with E-state index < -0.39 is 0 Å². The lowest BCUT2D eigenvalue weighted by Gasteiger charge is -2.27. The van der Waals surface area contributed by atoms with Crippen LogP contribution in [0.4, 0.5) is 0 Å². The van der Waals surface area contributed by atoms with Crippen molar-refractivity contribution in [1.29, 1.82) is 0 Å². The molecule has 3 aromatic rings. The van der Waals surface area contributed by atoms with Crippen LogP contribution in [-0.4, -0.2) is 44.9 Å². The van der Waals surface area contributed by atoms with E-state index in [9.17, 15) is 9.59 Å². The van der Waals surface area contributed by atoms with Crippen molar-refractivity contribution in [3.05, 3.63) is 70.5 Å². The second-order valence-electron chi connectivity index (χ2n) is 8.35. The Morgan fingerprint density at radius 1 is 1.19 bits per heavy atom. The number of benzene rings is 2. The zero-order valence-corrected chi connectivity index (χ0v) is 19.4. The predicted octanol–water partition coefficient (Wildman–Crippen LogP) is 4.10. The van der Waals surface area contributed by atoms with Gasteiger partial charge < -0.3 is 9.64 Å². The molecule has 1 fully saturated rings. The van der Waals surface area contributed by atoms with Gasteiger partial charge in [0.25, 0.3) is 5.56 Å². The average molecular weight is 452 g/mol. The Kier molecular flexibility index (Phi) is 7.27. The van der Waals surface area contributed by atoms with Crippen molar-refractivity contribution in [2.45, 2.75) is 57.1 Å². The summed E-state index contributed by atoms with van der Waals surface area (Å²) >= 11 is 1.33. The van der Waals surface area contributed by atoms with E-state index in [-0.39, 0.29) is 29.4 Å². The molecule has 1 saturated heterocycles. The zero-order valence-electron chi connectivity index (χ0n) is 18.6. The van der Waals surface area contributed by atoms with Gasteiger partial charge in [-0.1, -0.05) is 54.2 Å². The highest BCUT2D eigenvalue weighted by Crippen LogP contribution is 2.22. The average Bonchev–Trinajstić information content (AvgIpc) is 3.32. The Labute approximate surface area is 192 Å². The number of thioether (sulfide) groups is 1. The Morgan fingerprint density at radius 3 is 2.66 bits per heavy atom. The molecule has 0 radical (unpaired) electrons. The number of aromatic nitrogens is 2. The smallest absolute Gasteiger partial charge is 0.262 e. The topological polar surface area (TPSA) is 64.4 Å². The Bertz CT molecular complexity index is 1120. The van der Waals surface area contributed by atoms with Crippen LogP contribution in [0.2, 0.25) is 0 Å². The lowest BCUT2D eigenvalue weighted by molar-refractivity contribution is -0.130. The molecule has 2 aromatic carbocycles. The molecule has 0 bridgehead atoms. The largest absolute Gasteiger partial charge is 0.376 e.